The van der Waals surface area contributed by atoms with Gasteiger partial charge in [-0.3, -0.25) is 4.79 Å². The topological polar surface area (TPSA) is 92.3 Å². The zero-order valence-electron chi connectivity index (χ0n) is 19.3. The maximum Gasteiger partial charge on any atom is 0.410 e. The quantitative estimate of drug-likeness (QED) is 0.614. The van der Waals surface area contributed by atoms with Crippen LogP contribution in [-0.4, -0.2) is 54.3 Å². The number of hydrogen-bond acceptors (Lipinski definition) is 6. The molecule has 2 aliphatic rings. The fourth-order valence-electron chi connectivity index (χ4n) is 4.14. The van der Waals surface area contributed by atoms with E-state index >= 15 is 0 Å². The molecule has 0 aliphatic carbocycles. The van der Waals surface area contributed by atoms with Gasteiger partial charge in [-0.1, -0.05) is 65.8 Å². The number of piperidine rings is 2. The van der Waals surface area contributed by atoms with Crippen LogP contribution in [0.2, 0.25) is 0 Å². The first-order valence-corrected chi connectivity index (χ1v) is 11.9. The van der Waals surface area contributed by atoms with E-state index in [1.54, 1.807) is 4.90 Å². The van der Waals surface area contributed by atoms with E-state index in [4.69, 9.17) is 9.57 Å². The van der Waals surface area contributed by atoms with Crippen LogP contribution < -0.4 is 10.6 Å². The smallest absolute Gasteiger partial charge is 0.410 e. The summed E-state index contributed by atoms with van der Waals surface area (Å²) in [4.78, 5) is 32.2. The van der Waals surface area contributed by atoms with Crippen LogP contribution in [0.5, 0.6) is 0 Å². The molecule has 2 heterocycles. The van der Waals surface area contributed by atoms with Gasteiger partial charge in [-0.15, -0.1) is 0 Å². The van der Waals surface area contributed by atoms with Crippen molar-refractivity contribution in [3.63, 3.8) is 0 Å². The molecule has 0 spiro atoms. The van der Waals surface area contributed by atoms with Gasteiger partial charge in [0.05, 0.1) is 11.8 Å². The van der Waals surface area contributed by atoms with Gasteiger partial charge in [-0.05, 0) is 36.8 Å². The second-order valence-electron chi connectivity index (χ2n) is 8.70. The van der Waals surface area contributed by atoms with Crippen LogP contribution >= 0.6 is 0 Å². The molecule has 4 rings (SSSR count). The van der Waals surface area contributed by atoms with Gasteiger partial charge >= 0.3 is 6.09 Å². The van der Waals surface area contributed by atoms with E-state index in [1.807, 2.05) is 60.7 Å². The molecule has 2 aromatic carbocycles. The summed E-state index contributed by atoms with van der Waals surface area (Å²) in [5.74, 6) is 0.00866. The number of nitrogens with zero attached hydrogens (tertiary/aromatic N) is 2. The number of carbonyl (C=O) groups excluding carboxylic acids is 2. The van der Waals surface area contributed by atoms with Crippen molar-refractivity contribution in [3.8, 4) is 0 Å². The van der Waals surface area contributed by atoms with E-state index in [2.05, 4.69) is 15.8 Å². The van der Waals surface area contributed by atoms with Crippen LogP contribution in [0, 0.1) is 0 Å². The number of rotatable bonds is 7. The number of ether oxygens (including phenoxy) is 1. The minimum atomic E-state index is -0.302. The van der Waals surface area contributed by atoms with E-state index in [9.17, 15) is 9.59 Å². The summed E-state index contributed by atoms with van der Waals surface area (Å²) in [5, 5.41) is 10.6. The van der Waals surface area contributed by atoms with Gasteiger partial charge < -0.3 is 25.1 Å². The highest BCUT2D eigenvalue weighted by Crippen LogP contribution is 2.14. The Balaban J connectivity index is 1.12. The fourth-order valence-corrected chi connectivity index (χ4v) is 4.14. The standard InChI is InChI=1S/C26H32N4O4/c31-25(24-12-11-23(17-27-24)29-34-19-21-9-5-2-6-10-21)28-22-13-15-30(16-14-22)26(32)33-18-20-7-3-1-4-8-20/h1-10,22,24,27H,11-19H2,(H,28,31)/b29-23+/t24-/m0/s1. The molecule has 2 aliphatic heterocycles. The number of hydrogen-bond donors (Lipinski definition) is 2. The third kappa shape index (κ3) is 7.05. The monoisotopic (exact) mass is 464 g/mol. The Morgan fingerprint density at radius 3 is 2.21 bits per heavy atom. The third-order valence-corrected chi connectivity index (χ3v) is 6.16. The highest BCUT2D eigenvalue weighted by molar-refractivity contribution is 5.90. The van der Waals surface area contributed by atoms with Crippen LogP contribution in [0.3, 0.4) is 0 Å². The van der Waals surface area contributed by atoms with E-state index in [0.717, 1.165) is 36.1 Å². The molecule has 0 saturated carbocycles. The molecule has 2 saturated heterocycles. The molecule has 180 valence electrons. The molecule has 8 heteroatoms. The van der Waals surface area contributed by atoms with Gasteiger partial charge in [0.15, 0.2) is 0 Å². The molecule has 2 N–H and O–H groups in total. The van der Waals surface area contributed by atoms with E-state index in [1.165, 1.54) is 0 Å². The lowest BCUT2D eigenvalue weighted by molar-refractivity contribution is -0.124. The average Bonchev–Trinajstić information content (AvgIpc) is 2.89. The minimum absolute atomic E-state index is 0.00866. The maximum atomic E-state index is 12.7. The van der Waals surface area contributed by atoms with E-state index in [-0.39, 0.29) is 30.7 Å². The summed E-state index contributed by atoms with van der Waals surface area (Å²) in [6, 6.07) is 19.4. The van der Waals surface area contributed by atoms with Crippen molar-refractivity contribution in [2.24, 2.45) is 5.16 Å². The molecule has 0 unspecified atom stereocenters. The maximum absolute atomic E-state index is 12.7. The van der Waals surface area contributed by atoms with Gasteiger partial charge in [-0.25, -0.2) is 4.79 Å². The average molecular weight is 465 g/mol. The van der Waals surface area contributed by atoms with Crippen LogP contribution in [0.4, 0.5) is 4.79 Å². The molecule has 0 aromatic heterocycles. The van der Waals surface area contributed by atoms with Crippen molar-refractivity contribution in [1.82, 2.24) is 15.5 Å². The van der Waals surface area contributed by atoms with Crippen molar-refractivity contribution in [1.29, 1.82) is 0 Å². The Morgan fingerprint density at radius 2 is 1.59 bits per heavy atom. The molecule has 1 atom stereocenters. The molecular weight excluding hydrogens is 432 g/mol. The Kier molecular flexibility index (Phi) is 8.51. The first kappa shape index (κ1) is 23.8. The SMILES string of the molecule is O=C(NC1CCN(C(=O)OCc2ccccc2)CC1)[C@@H]1CC/C(=N\OCc2ccccc2)CN1. The summed E-state index contributed by atoms with van der Waals surface area (Å²) in [6.07, 6.45) is 2.55. The summed E-state index contributed by atoms with van der Waals surface area (Å²) >= 11 is 0. The van der Waals surface area contributed by atoms with Crippen LogP contribution in [-0.2, 0) is 27.6 Å². The lowest BCUT2D eigenvalue weighted by Crippen LogP contribution is -2.53. The van der Waals surface area contributed by atoms with Crippen LogP contribution in [0.15, 0.2) is 65.8 Å². The highest BCUT2D eigenvalue weighted by atomic mass is 16.6. The van der Waals surface area contributed by atoms with Gasteiger partial charge in [0, 0.05) is 25.7 Å². The molecular formula is C26H32N4O4. The number of oxime groups is 1. The van der Waals surface area contributed by atoms with Gasteiger partial charge in [0.25, 0.3) is 0 Å². The van der Waals surface area contributed by atoms with Gasteiger partial charge in [0.2, 0.25) is 5.91 Å². The van der Waals surface area contributed by atoms with Gasteiger partial charge in [0.1, 0.15) is 13.2 Å². The predicted molar refractivity (Wildman–Crippen MR) is 129 cm³/mol. The Morgan fingerprint density at radius 1 is 0.941 bits per heavy atom. The number of carbonyl (C=O) groups is 2. The Labute approximate surface area is 200 Å². The second-order valence-corrected chi connectivity index (χ2v) is 8.70. The van der Waals surface area contributed by atoms with E-state index < -0.39 is 0 Å². The predicted octanol–water partition coefficient (Wildman–Crippen LogP) is 3.23. The molecule has 8 nitrogen and oxygen atoms in total. The largest absolute Gasteiger partial charge is 0.445 e. The second kappa shape index (κ2) is 12.2. The Hall–Kier alpha value is -3.39. The van der Waals surface area contributed by atoms with Gasteiger partial charge in [-0.2, -0.15) is 0 Å². The first-order valence-electron chi connectivity index (χ1n) is 11.9. The van der Waals surface area contributed by atoms with Crippen molar-refractivity contribution < 1.29 is 19.2 Å². The summed E-state index contributed by atoms with van der Waals surface area (Å²) in [5.41, 5.74) is 2.96. The summed E-state index contributed by atoms with van der Waals surface area (Å²) in [6.45, 7) is 2.40. The van der Waals surface area contributed by atoms with E-state index in [0.29, 0.717) is 32.7 Å². The molecule has 2 fully saturated rings. The zero-order valence-corrected chi connectivity index (χ0v) is 19.3. The Bertz CT molecular complexity index is 949. The molecule has 2 amide bonds. The van der Waals surface area contributed by atoms with Crippen molar-refractivity contribution in [2.45, 2.75) is 51.0 Å². The number of nitrogens with one attached hydrogen (secondary N) is 2. The first-order chi connectivity index (χ1) is 16.7. The summed E-state index contributed by atoms with van der Waals surface area (Å²) < 4.78 is 5.41. The van der Waals surface area contributed by atoms with Crippen molar-refractivity contribution >= 4 is 17.7 Å². The van der Waals surface area contributed by atoms with Crippen molar-refractivity contribution in [2.75, 3.05) is 19.6 Å². The molecule has 0 bridgehead atoms. The van der Waals surface area contributed by atoms with Crippen LogP contribution in [0.1, 0.15) is 36.8 Å². The van der Waals surface area contributed by atoms with Crippen molar-refractivity contribution in [3.05, 3.63) is 71.8 Å². The highest BCUT2D eigenvalue weighted by Gasteiger charge is 2.28. The summed E-state index contributed by atoms with van der Waals surface area (Å²) in [7, 11) is 0. The zero-order chi connectivity index (χ0) is 23.6. The lowest BCUT2D eigenvalue weighted by atomic mass is 10.0. The minimum Gasteiger partial charge on any atom is -0.445 e. The number of likely N-dealkylation sites (tertiary alicyclic amines) is 1. The molecule has 0 radical (unpaired) electrons. The molecule has 2 aromatic rings. The lowest BCUT2D eigenvalue weighted by Gasteiger charge is -2.33. The third-order valence-electron chi connectivity index (χ3n) is 6.16. The number of benzene rings is 2. The fraction of sp³-hybridized carbons (Fsp3) is 0.423. The number of amides is 2. The van der Waals surface area contributed by atoms with Crippen LogP contribution in [0.25, 0.3) is 0 Å². The molecule has 34 heavy (non-hydrogen) atoms. The normalized spacial score (nSPS) is 20.1.